The molecule has 0 unspecified atom stereocenters. The third-order valence-corrected chi connectivity index (χ3v) is 3.17. The minimum absolute atomic E-state index is 0.0158. The lowest BCUT2D eigenvalue weighted by Crippen LogP contribution is -1.96. The van der Waals surface area contributed by atoms with E-state index in [9.17, 15) is 4.79 Å². The SMILES string of the molecule is O=C(/C=C/c1cccnc1)c1ccc(-n2cccc2)cc1. The smallest absolute Gasteiger partial charge is 0.185 e. The summed E-state index contributed by atoms with van der Waals surface area (Å²) in [4.78, 5) is 16.1. The number of carbonyl (C=O) groups is 1. The van der Waals surface area contributed by atoms with E-state index in [2.05, 4.69) is 4.98 Å². The molecule has 3 nitrogen and oxygen atoms in total. The van der Waals surface area contributed by atoms with Crippen LogP contribution in [0.5, 0.6) is 0 Å². The Morgan fingerprint density at radius 1 is 1.00 bits per heavy atom. The van der Waals surface area contributed by atoms with Crippen molar-refractivity contribution in [3.8, 4) is 5.69 Å². The predicted molar refractivity (Wildman–Crippen MR) is 83.4 cm³/mol. The fourth-order valence-electron chi connectivity index (χ4n) is 2.05. The van der Waals surface area contributed by atoms with Gasteiger partial charge in [-0.2, -0.15) is 0 Å². The fraction of sp³-hybridized carbons (Fsp3) is 0. The Labute approximate surface area is 123 Å². The maximum atomic E-state index is 12.1. The summed E-state index contributed by atoms with van der Waals surface area (Å²) in [6, 6.07) is 15.2. The van der Waals surface area contributed by atoms with Crippen LogP contribution in [0.4, 0.5) is 0 Å². The van der Waals surface area contributed by atoms with Gasteiger partial charge in [-0.25, -0.2) is 0 Å². The van der Waals surface area contributed by atoms with E-state index >= 15 is 0 Å². The summed E-state index contributed by atoms with van der Waals surface area (Å²) in [5.74, 6) is -0.0158. The van der Waals surface area contributed by atoms with E-state index in [4.69, 9.17) is 0 Å². The van der Waals surface area contributed by atoms with Gasteiger partial charge < -0.3 is 4.57 Å². The highest BCUT2D eigenvalue weighted by molar-refractivity contribution is 6.06. The van der Waals surface area contributed by atoms with E-state index in [0.717, 1.165) is 11.3 Å². The fourth-order valence-corrected chi connectivity index (χ4v) is 2.05. The van der Waals surface area contributed by atoms with E-state index in [1.54, 1.807) is 24.5 Å². The average molecular weight is 274 g/mol. The minimum Gasteiger partial charge on any atom is -0.324 e. The van der Waals surface area contributed by atoms with Gasteiger partial charge in [-0.3, -0.25) is 9.78 Å². The van der Waals surface area contributed by atoms with Crippen molar-refractivity contribution in [3.05, 3.63) is 90.5 Å². The van der Waals surface area contributed by atoms with E-state index in [1.807, 2.05) is 65.5 Å². The molecule has 0 radical (unpaired) electrons. The Bertz CT molecular complexity index is 742. The predicted octanol–water partition coefficient (Wildman–Crippen LogP) is 3.77. The molecule has 102 valence electrons. The topological polar surface area (TPSA) is 34.9 Å². The first-order valence-corrected chi connectivity index (χ1v) is 6.69. The third kappa shape index (κ3) is 3.15. The molecule has 2 aromatic heterocycles. The number of allylic oxidation sites excluding steroid dienone is 1. The van der Waals surface area contributed by atoms with Crippen molar-refractivity contribution in [2.75, 3.05) is 0 Å². The zero-order valence-electron chi connectivity index (χ0n) is 11.4. The lowest BCUT2D eigenvalue weighted by molar-refractivity contribution is 0.104. The number of nitrogens with zero attached hydrogens (tertiary/aromatic N) is 2. The molecule has 0 amide bonds. The molecule has 3 heteroatoms. The van der Waals surface area contributed by atoms with Crippen LogP contribution in [0, 0.1) is 0 Å². The van der Waals surface area contributed by atoms with Gasteiger partial charge in [0.05, 0.1) is 0 Å². The van der Waals surface area contributed by atoms with Crippen LogP contribution in [0.1, 0.15) is 15.9 Å². The molecule has 1 aromatic carbocycles. The van der Waals surface area contributed by atoms with Crippen molar-refractivity contribution in [1.29, 1.82) is 0 Å². The average Bonchev–Trinajstić information content (AvgIpc) is 3.08. The van der Waals surface area contributed by atoms with Crippen molar-refractivity contribution in [2.24, 2.45) is 0 Å². The highest BCUT2D eigenvalue weighted by atomic mass is 16.1. The molecule has 2 heterocycles. The second-order valence-electron chi connectivity index (χ2n) is 4.62. The number of aromatic nitrogens is 2. The summed E-state index contributed by atoms with van der Waals surface area (Å²) in [5, 5.41) is 0. The van der Waals surface area contributed by atoms with Crippen molar-refractivity contribution in [3.63, 3.8) is 0 Å². The normalized spacial score (nSPS) is 10.9. The van der Waals surface area contributed by atoms with Crippen LogP contribution in [0.15, 0.2) is 79.4 Å². The molecule has 0 saturated heterocycles. The van der Waals surface area contributed by atoms with Crippen LogP contribution in [-0.2, 0) is 0 Å². The number of pyridine rings is 1. The number of hydrogen-bond donors (Lipinski definition) is 0. The molecule has 0 aliphatic carbocycles. The number of benzene rings is 1. The standard InChI is InChI=1S/C18H14N2O/c21-18(10-5-15-4-3-11-19-14-15)16-6-8-17(9-7-16)20-12-1-2-13-20/h1-14H/b10-5+. The number of ketones is 1. The first kappa shape index (κ1) is 13.1. The summed E-state index contributed by atoms with van der Waals surface area (Å²) < 4.78 is 2.00. The van der Waals surface area contributed by atoms with Crippen LogP contribution >= 0.6 is 0 Å². The highest BCUT2D eigenvalue weighted by Gasteiger charge is 2.02. The quantitative estimate of drug-likeness (QED) is 0.536. The monoisotopic (exact) mass is 274 g/mol. The molecule has 0 aliphatic heterocycles. The van der Waals surface area contributed by atoms with Gasteiger partial charge >= 0.3 is 0 Å². The van der Waals surface area contributed by atoms with Gasteiger partial charge in [-0.1, -0.05) is 6.07 Å². The second kappa shape index (κ2) is 6.01. The van der Waals surface area contributed by atoms with E-state index in [0.29, 0.717) is 5.56 Å². The van der Waals surface area contributed by atoms with E-state index < -0.39 is 0 Å². The number of hydrogen-bond acceptors (Lipinski definition) is 2. The van der Waals surface area contributed by atoms with Gasteiger partial charge in [0.2, 0.25) is 0 Å². The van der Waals surface area contributed by atoms with Crippen LogP contribution < -0.4 is 0 Å². The van der Waals surface area contributed by atoms with Crippen molar-refractivity contribution < 1.29 is 4.79 Å². The summed E-state index contributed by atoms with van der Waals surface area (Å²) in [5.41, 5.74) is 2.62. The van der Waals surface area contributed by atoms with Gasteiger partial charge in [-0.05, 0) is 60.2 Å². The molecule has 0 saturated carbocycles. The largest absolute Gasteiger partial charge is 0.324 e. The Balaban J connectivity index is 1.75. The number of carbonyl (C=O) groups excluding carboxylic acids is 1. The molecule has 0 bridgehead atoms. The zero-order valence-corrected chi connectivity index (χ0v) is 11.4. The molecular formula is C18H14N2O. The molecular weight excluding hydrogens is 260 g/mol. The lowest BCUT2D eigenvalue weighted by Gasteiger charge is -2.03. The van der Waals surface area contributed by atoms with Crippen LogP contribution in [-0.4, -0.2) is 15.3 Å². The molecule has 3 aromatic rings. The molecule has 0 atom stereocenters. The Hall–Kier alpha value is -2.94. The van der Waals surface area contributed by atoms with Crippen LogP contribution in [0.25, 0.3) is 11.8 Å². The zero-order chi connectivity index (χ0) is 14.5. The number of rotatable bonds is 4. The van der Waals surface area contributed by atoms with Crippen molar-refractivity contribution >= 4 is 11.9 Å². The summed E-state index contributed by atoms with van der Waals surface area (Å²) in [7, 11) is 0. The molecule has 0 spiro atoms. The summed E-state index contributed by atoms with van der Waals surface area (Å²) in [6.45, 7) is 0. The molecule has 0 N–H and O–H groups in total. The van der Waals surface area contributed by atoms with E-state index in [-0.39, 0.29) is 5.78 Å². The highest BCUT2D eigenvalue weighted by Crippen LogP contribution is 2.11. The molecule has 0 aliphatic rings. The first-order chi connectivity index (χ1) is 10.3. The van der Waals surface area contributed by atoms with Crippen LogP contribution in [0.2, 0.25) is 0 Å². The van der Waals surface area contributed by atoms with Crippen molar-refractivity contribution in [2.45, 2.75) is 0 Å². The van der Waals surface area contributed by atoms with Gasteiger partial charge in [-0.15, -0.1) is 0 Å². The summed E-state index contributed by atoms with van der Waals surface area (Å²) >= 11 is 0. The van der Waals surface area contributed by atoms with Gasteiger partial charge in [0.1, 0.15) is 0 Å². The Kier molecular flexibility index (Phi) is 3.74. The molecule has 0 fully saturated rings. The molecule has 3 rings (SSSR count). The lowest BCUT2D eigenvalue weighted by atomic mass is 10.1. The van der Waals surface area contributed by atoms with E-state index in [1.165, 1.54) is 0 Å². The van der Waals surface area contributed by atoms with Gasteiger partial charge in [0.15, 0.2) is 5.78 Å². The van der Waals surface area contributed by atoms with Gasteiger partial charge in [0.25, 0.3) is 0 Å². The van der Waals surface area contributed by atoms with Crippen molar-refractivity contribution in [1.82, 2.24) is 9.55 Å². The minimum atomic E-state index is -0.0158. The maximum absolute atomic E-state index is 12.1. The second-order valence-corrected chi connectivity index (χ2v) is 4.62. The first-order valence-electron chi connectivity index (χ1n) is 6.69. The summed E-state index contributed by atoms with van der Waals surface area (Å²) in [6.07, 6.45) is 10.7. The molecule has 21 heavy (non-hydrogen) atoms. The Morgan fingerprint density at radius 3 is 2.43 bits per heavy atom. The van der Waals surface area contributed by atoms with Gasteiger partial charge in [0, 0.05) is 36.0 Å². The van der Waals surface area contributed by atoms with Crippen LogP contribution in [0.3, 0.4) is 0 Å². The maximum Gasteiger partial charge on any atom is 0.185 e. The Morgan fingerprint density at radius 2 is 1.76 bits per heavy atom. The third-order valence-electron chi connectivity index (χ3n) is 3.17.